The van der Waals surface area contributed by atoms with Gasteiger partial charge in [0.05, 0.1) is 18.7 Å². The minimum Gasteiger partial charge on any atom is -0.463 e. The Kier molecular flexibility index (Phi) is 11.0. The first kappa shape index (κ1) is 34.0. The van der Waals surface area contributed by atoms with Crippen molar-refractivity contribution in [1.82, 2.24) is 14.6 Å². The number of amides is 1. The predicted octanol–water partition coefficient (Wildman–Crippen LogP) is 1.14. The van der Waals surface area contributed by atoms with E-state index in [4.69, 9.17) is 24.7 Å². The van der Waals surface area contributed by atoms with Gasteiger partial charge in [0.1, 0.15) is 36.7 Å². The van der Waals surface area contributed by atoms with Gasteiger partial charge in [0.2, 0.25) is 6.79 Å². The van der Waals surface area contributed by atoms with E-state index in [1.54, 1.807) is 50.2 Å². The van der Waals surface area contributed by atoms with Crippen molar-refractivity contribution in [2.45, 2.75) is 57.1 Å². The molecule has 2 aromatic heterocycles. The summed E-state index contributed by atoms with van der Waals surface area (Å²) in [7, 11) is 0. The highest BCUT2D eigenvalue weighted by Gasteiger charge is 2.59. The molecule has 16 heteroatoms. The fourth-order valence-electron chi connectivity index (χ4n) is 4.86. The summed E-state index contributed by atoms with van der Waals surface area (Å²) in [5, 5.41) is 18.5. The number of aliphatic imine (C=N–C) groups is 1. The summed E-state index contributed by atoms with van der Waals surface area (Å²) in [5.41, 5.74) is 5.53. The number of ether oxygens (including phenoxy) is 5. The van der Waals surface area contributed by atoms with Crippen LogP contribution in [0.3, 0.4) is 0 Å². The quantitative estimate of drug-likeness (QED) is 0.104. The van der Waals surface area contributed by atoms with Gasteiger partial charge in [0.25, 0.3) is 0 Å². The molecule has 0 unspecified atom stereocenters. The average molecular weight is 641 g/mol. The predicted molar refractivity (Wildman–Crippen MR) is 160 cm³/mol. The van der Waals surface area contributed by atoms with Crippen LogP contribution in [0.15, 0.2) is 53.8 Å². The average Bonchev–Trinajstić information content (AvgIpc) is 3.56. The minimum absolute atomic E-state index is 0.0144. The van der Waals surface area contributed by atoms with Gasteiger partial charge in [0.15, 0.2) is 17.5 Å². The van der Waals surface area contributed by atoms with E-state index in [1.165, 1.54) is 4.52 Å². The molecule has 0 aliphatic carbocycles. The minimum atomic E-state index is -1.72. The van der Waals surface area contributed by atoms with E-state index in [9.17, 15) is 24.3 Å². The molecule has 16 nitrogen and oxygen atoms in total. The smallest absolute Gasteiger partial charge is 0.415 e. The van der Waals surface area contributed by atoms with Crippen LogP contribution in [0, 0.1) is 5.92 Å². The van der Waals surface area contributed by atoms with Crippen LogP contribution in [0.25, 0.3) is 5.52 Å². The van der Waals surface area contributed by atoms with E-state index in [1.807, 2.05) is 6.07 Å². The second-order valence-electron chi connectivity index (χ2n) is 10.8. The number of nitrogens with two attached hydrogens (primary N) is 1. The highest BCUT2D eigenvalue weighted by Crippen LogP contribution is 2.43. The number of aliphatic hydroxyl groups is 1. The van der Waals surface area contributed by atoms with Crippen molar-refractivity contribution in [3.63, 3.8) is 0 Å². The third-order valence-electron chi connectivity index (χ3n) is 7.26. The molecule has 1 fully saturated rings. The Balaban J connectivity index is 1.64. The van der Waals surface area contributed by atoms with Crippen molar-refractivity contribution < 1.29 is 48.0 Å². The van der Waals surface area contributed by atoms with Crippen molar-refractivity contribution in [2.75, 3.05) is 25.3 Å². The van der Waals surface area contributed by atoms with Crippen molar-refractivity contribution in [3.05, 3.63) is 60.0 Å². The van der Waals surface area contributed by atoms with E-state index >= 15 is 0 Å². The molecule has 1 saturated heterocycles. The van der Waals surface area contributed by atoms with E-state index in [2.05, 4.69) is 31.8 Å². The molecule has 46 heavy (non-hydrogen) atoms. The number of nitrogens with zero attached hydrogens (tertiary/aromatic N) is 4. The van der Waals surface area contributed by atoms with Crippen molar-refractivity contribution in [1.29, 1.82) is 0 Å². The molecule has 0 bridgehead atoms. The zero-order valence-electron chi connectivity index (χ0n) is 25.5. The fourth-order valence-corrected chi connectivity index (χ4v) is 4.86. The van der Waals surface area contributed by atoms with Gasteiger partial charge in [-0.2, -0.15) is 5.10 Å². The van der Waals surface area contributed by atoms with Gasteiger partial charge in [-0.1, -0.05) is 44.2 Å². The van der Waals surface area contributed by atoms with Crippen LogP contribution in [0.1, 0.15) is 32.0 Å². The molecule has 246 valence electrons. The number of hydrogen-bond donors (Lipinski definition) is 3. The molecule has 1 amide bonds. The maximum atomic E-state index is 13.0. The number of aliphatic hydroxyl groups excluding tert-OH is 1. The molecular formula is C30H36N6O10. The summed E-state index contributed by atoms with van der Waals surface area (Å²) in [4.78, 5) is 57.0. The summed E-state index contributed by atoms with van der Waals surface area (Å²) >= 11 is 0. The number of carbonyl (C=O) groups is 4. The van der Waals surface area contributed by atoms with Crippen LogP contribution in [0.4, 0.5) is 10.6 Å². The SMILES string of the molecule is C=NC[C@@]1(c2ccc3c(NC(=O)OCOC(C)=O)ncnn23)O[C@H](COC(=O)Cc2ccccc2)[C@@H](OC(=O)[C@@H](N)C(C)C)[C@H]1O. The molecule has 0 radical (unpaired) electrons. The Morgan fingerprint density at radius 3 is 2.57 bits per heavy atom. The zero-order valence-corrected chi connectivity index (χ0v) is 25.5. The number of rotatable bonds is 13. The molecule has 1 aromatic carbocycles. The molecule has 1 aliphatic heterocycles. The van der Waals surface area contributed by atoms with Crippen LogP contribution in [0.2, 0.25) is 0 Å². The number of hydrogen-bond acceptors (Lipinski definition) is 14. The summed E-state index contributed by atoms with van der Waals surface area (Å²) in [6.07, 6.45) is -3.91. The van der Waals surface area contributed by atoms with Gasteiger partial charge in [0, 0.05) is 6.92 Å². The topological polar surface area (TPSA) is 215 Å². The third-order valence-corrected chi connectivity index (χ3v) is 7.26. The van der Waals surface area contributed by atoms with Gasteiger partial charge in [-0.3, -0.25) is 24.7 Å². The molecule has 1 aliphatic rings. The molecule has 4 N–H and O–H groups in total. The highest BCUT2D eigenvalue weighted by atomic mass is 16.7. The summed E-state index contributed by atoms with van der Waals surface area (Å²) in [6, 6.07) is 11.1. The number of carbonyl (C=O) groups excluding carboxylic acids is 4. The monoisotopic (exact) mass is 640 g/mol. The number of aromatic nitrogens is 3. The molecule has 4 rings (SSSR count). The standard InChI is InChI=1S/C30H36N6O10/c1-17(2)24(31)28(40)45-25-21(13-42-23(38)12-19-8-6-5-7-9-19)46-30(14-32-4,26(25)39)22-11-10-20-27(33-15-34-36(20)22)35-29(41)44-16-43-18(3)37/h5-11,15,17,21,24-26,39H,4,12-14,16,31H2,1-3H3,(H,33,34,35,41)/t21-,24+,25-,26-,30+/m1/s1. The van der Waals surface area contributed by atoms with Crippen molar-refractivity contribution in [2.24, 2.45) is 16.6 Å². The Hall–Kier alpha value is -4.93. The number of fused-ring (bicyclic) bond motifs is 1. The first-order valence-electron chi connectivity index (χ1n) is 14.3. The number of benzene rings is 1. The van der Waals surface area contributed by atoms with E-state index in [0.717, 1.165) is 18.8 Å². The van der Waals surface area contributed by atoms with Gasteiger partial charge in [-0.25, -0.2) is 14.3 Å². The second kappa shape index (κ2) is 14.9. The van der Waals surface area contributed by atoms with E-state index in [0.29, 0.717) is 0 Å². The fraction of sp³-hybridized carbons (Fsp3) is 0.433. The Labute approximate surface area is 263 Å². The lowest BCUT2D eigenvalue weighted by molar-refractivity contribution is -0.162. The van der Waals surface area contributed by atoms with E-state index in [-0.39, 0.29) is 42.5 Å². The van der Waals surface area contributed by atoms with Crippen LogP contribution in [-0.4, -0.2) is 94.7 Å². The number of nitrogens with one attached hydrogen (secondary N) is 1. The normalized spacial score (nSPS) is 21.4. The summed E-state index contributed by atoms with van der Waals surface area (Å²) < 4.78 is 28.4. The van der Waals surface area contributed by atoms with Crippen LogP contribution in [0.5, 0.6) is 0 Å². The van der Waals surface area contributed by atoms with Gasteiger partial charge in [-0.05, 0) is 30.3 Å². The largest absolute Gasteiger partial charge is 0.463 e. The maximum absolute atomic E-state index is 13.0. The Bertz CT molecular complexity index is 1560. The van der Waals surface area contributed by atoms with E-state index < -0.39 is 60.7 Å². The van der Waals surface area contributed by atoms with Crippen molar-refractivity contribution in [3.8, 4) is 0 Å². The van der Waals surface area contributed by atoms with Crippen LogP contribution < -0.4 is 11.1 Å². The van der Waals surface area contributed by atoms with Crippen LogP contribution >= 0.6 is 0 Å². The number of esters is 3. The second-order valence-corrected chi connectivity index (χ2v) is 10.8. The first-order valence-corrected chi connectivity index (χ1v) is 14.3. The molecule has 3 heterocycles. The molecular weight excluding hydrogens is 604 g/mol. The molecule has 0 spiro atoms. The highest BCUT2D eigenvalue weighted by molar-refractivity contribution is 5.88. The van der Waals surface area contributed by atoms with Gasteiger partial charge in [-0.15, -0.1) is 0 Å². The Morgan fingerprint density at radius 1 is 1.15 bits per heavy atom. The van der Waals surface area contributed by atoms with Gasteiger partial charge >= 0.3 is 24.0 Å². The molecule has 3 aromatic rings. The van der Waals surface area contributed by atoms with Crippen molar-refractivity contribution >= 4 is 42.1 Å². The lowest BCUT2D eigenvalue weighted by atomic mass is 9.90. The lowest BCUT2D eigenvalue weighted by Crippen LogP contribution is -2.48. The summed E-state index contributed by atoms with van der Waals surface area (Å²) in [6.45, 7) is 6.99. The zero-order chi connectivity index (χ0) is 33.4. The van der Waals surface area contributed by atoms with Gasteiger partial charge < -0.3 is 34.5 Å². The lowest BCUT2D eigenvalue weighted by Gasteiger charge is -2.30. The number of anilines is 1. The maximum Gasteiger partial charge on any atom is 0.415 e. The van der Waals surface area contributed by atoms with Crippen LogP contribution in [-0.2, 0) is 50.1 Å². The third kappa shape index (κ3) is 7.64. The molecule has 5 atom stereocenters. The summed E-state index contributed by atoms with van der Waals surface area (Å²) in [5.74, 6) is -2.24. The molecule has 0 saturated carbocycles. The first-order chi connectivity index (χ1) is 22.0. The Morgan fingerprint density at radius 2 is 1.89 bits per heavy atom.